The molecule has 2 N–H and O–H groups in total. The molecule has 0 saturated carbocycles. The van der Waals surface area contributed by atoms with E-state index in [0.717, 1.165) is 5.56 Å². The Labute approximate surface area is 110 Å². The molecule has 2 aromatic carbocycles. The van der Waals surface area contributed by atoms with Gasteiger partial charge in [-0.3, -0.25) is 0 Å². The molecule has 0 heterocycles. The number of halogens is 2. The first-order valence-electron chi connectivity index (χ1n) is 5.51. The van der Waals surface area contributed by atoms with Gasteiger partial charge in [-0.05, 0) is 29.8 Å². The second kappa shape index (κ2) is 5.85. The lowest BCUT2D eigenvalue weighted by Gasteiger charge is -2.06. The Morgan fingerprint density at radius 2 is 1.94 bits per heavy atom. The van der Waals surface area contributed by atoms with Crippen LogP contribution >= 0.6 is 11.6 Å². The van der Waals surface area contributed by atoms with Crippen molar-refractivity contribution < 1.29 is 9.13 Å². The van der Waals surface area contributed by atoms with E-state index in [-0.39, 0.29) is 12.4 Å². The third-order valence-electron chi connectivity index (χ3n) is 2.49. The molecule has 94 valence electrons. The molecule has 0 unspecified atom stereocenters. The molecule has 0 saturated heterocycles. The molecule has 0 atom stereocenters. The smallest absolute Gasteiger partial charge is 0.130 e. The lowest BCUT2D eigenvalue weighted by Crippen LogP contribution is -1.98. The van der Waals surface area contributed by atoms with Crippen molar-refractivity contribution >= 4 is 17.3 Å². The van der Waals surface area contributed by atoms with Crippen LogP contribution in [0, 0.1) is 5.82 Å². The van der Waals surface area contributed by atoms with Gasteiger partial charge in [0.2, 0.25) is 0 Å². The SMILES string of the molecule is Nc1ccc(COCc2cccc(Cl)c2)c(F)c1. The Kier molecular flexibility index (Phi) is 4.18. The maximum absolute atomic E-state index is 13.5. The Morgan fingerprint density at radius 1 is 1.11 bits per heavy atom. The summed E-state index contributed by atoms with van der Waals surface area (Å²) in [6.07, 6.45) is 0. The van der Waals surface area contributed by atoms with Gasteiger partial charge >= 0.3 is 0 Å². The van der Waals surface area contributed by atoms with E-state index in [4.69, 9.17) is 22.1 Å². The van der Waals surface area contributed by atoms with Gasteiger partial charge in [-0.2, -0.15) is 0 Å². The van der Waals surface area contributed by atoms with Gasteiger partial charge in [0, 0.05) is 16.3 Å². The second-order valence-corrected chi connectivity index (χ2v) is 4.41. The van der Waals surface area contributed by atoms with Crippen molar-refractivity contribution in [3.05, 3.63) is 64.4 Å². The summed E-state index contributed by atoms with van der Waals surface area (Å²) >= 11 is 5.85. The summed E-state index contributed by atoms with van der Waals surface area (Å²) in [6, 6.07) is 11.9. The minimum absolute atomic E-state index is 0.207. The van der Waals surface area contributed by atoms with Crippen LogP contribution < -0.4 is 5.73 Å². The molecule has 0 aliphatic carbocycles. The highest BCUT2D eigenvalue weighted by molar-refractivity contribution is 6.30. The highest BCUT2D eigenvalue weighted by Crippen LogP contribution is 2.15. The van der Waals surface area contributed by atoms with Crippen LogP contribution in [0.5, 0.6) is 0 Å². The quantitative estimate of drug-likeness (QED) is 0.854. The lowest BCUT2D eigenvalue weighted by molar-refractivity contribution is 0.105. The summed E-state index contributed by atoms with van der Waals surface area (Å²) < 4.78 is 18.9. The topological polar surface area (TPSA) is 35.2 Å². The van der Waals surface area contributed by atoms with E-state index in [0.29, 0.717) is 22.9 Å². The van der Waals surface area contributed by atoms with Crippen LogP contribution in [0.2, 0.25) is 5.02 Å². The van der Waals surface area contributed by atoms with Crippen molar-refractivity contribution in [3.63, 3.8) is 0 Å². The van der Waals surface area contributed by atoms with Gasteiger partial charge in [-0.15, -0.1) is 0 Å². The van der Waals surface area contributed by atoms with E-state index in [1.165, 1.54) is 6.07 Å². The van der Waals surface area contributed by atoms with Crippen LogP contribution in [-0.2, 0) is 18.0 Å². The molecule has 0 aromatic heterocycles. The van der Waals surface area contributed by atoms with E-state index < -0.39 is 0 Å². The minimum Gasteiger partial charge on any atom is -0.399 e. The largest absolute Gasteiger partial charge is 0.399 e. The maximum atomic E-state index is 13.5. The van der Waals surface area contributed by atoms with Crippen LogP contribution in [0.15, 0.2) is 42.5 Å². The van der Waals surface area contributed by atoms with Crippen molar-refractivity contribution in [1.29, 1.82) is 0 Å². The van der Waals surface area contributed by atoms with Gasteiger partial charge in [0.25, 0.3) is 0 Å². The first kappa shape index (κ1) is 12.9. The predicted molar refractivity (Wildman–Crippen MR) is 70.8 cm³/mol. The zero-order valence-electron chi connectivity index (χ0n) is 9.70. The number of hydrogen-bond acceptors (Lipinski definition) is 2. The molecular formula is C14H13ClFNO. The van der Waals surface area contributed by atoms with E-state index >= 15 is 0 Å². The zero-order chi connectivity index (χ0) is 13.0. The first-order chi connectivity index (χ1) is 8.65. The van der Waals surface area contributed by atoms with E-state index in [2.05, 4.69) is 0 Å². The molecule has 0 amide bonds. The summed E-state index contributed by atoms with van der Waals surface area (Å²) in [4.78, 5) is 0. The summed E-state index contributed by atoms with van der Waals surface area (Å²) in [7, 11) is 0. The van der Waals surface area contributed by atoms with E-state index in [1.807, 2.05) is 18.2 Å². The monoisotopic (exact) mass is 265 g/mol. The molecule has 0 spiro atoms. The number of nitrogen functional groups attached to an aromatic ring is 1. The molecule has 2 nitrogen and oxygen atoms in total. The molecule has 0 aliphatic rings. The minimum atomic E-state index is -0.346. The fraction of sp³-hybridized carbons (Fsp3) is 0.143. The van der Waals surface area contributed by atoms with Crippen LogP contribution in [0.4, 0.5) is 10.1 Å². The molecule has 0 bridgehead atoms. The molecule has 0 fully saturated rings. The molecule has 0 radical (unpaired) electrons. The first-order valence-corrected chi connectivity index (χ1v) is 5.89. The van der Waals surface area contributed by atoms with Gasteiger partial charge in [0.1, 0.15) is 5.82 Å². The molecule has 2 rings (SSSR count). The number of rotatable bonds is 4. The van der Waals surface area contributed by atoms with Gasteiger partial charge in [0.05, 0.1) is 13.2 Å². The number of hydrogen-bond donors (Lipinski definition) is 1. The predicted octanol–water partition coefficient (Wildman–Crippen LogP) is 3.78. The van der Waals surface area contributed by atoms with Gasteiger partial charge in [-0.25, -0.2) is 4.39 Å². The van der Waals surface area contributed by atoms with Crippen molar-refractivity contribution in [2.45, 2.75) is 13.2 Å². The van der Waals surface area contributed by atoms with Crippen LogP contribution in [0.25, 0.3) is 0 Å². The molecule has 4 heteroatoms. The fourth-order valence-corrected chi connectivity index (χ4v) is 1.80. The van der Waals surface area contributed by atoms with Crippen molar-refractivity contribution in [3.8, 4) is 0 Å². The van der Waals surface area contributed by atoms with Crippen molar-refractivity contribution in [2.75, 3.05) is 5.73 Å². The van der Waals surface area contributed by atoms with Crippen molar-refractivity contribution in [1.82, 2.24) is 0 Å². The lowest BCUT2D eigenvalue weighted by atomic mass is 10.2. The van der Waals surface area contributed by atoms with E-state index in [9.17, 15) is 4.39 Å². The van der Waals surface area contributed by atoms with Gasteiger partial charge < -0.3 is 10.5 Å². The third-order valence-corrected chi connectivity index (χ3v) is 2.73. The standard InChI is InChI=1S/C14H13ClFNO/c15-12-3-1-2-10(6-12)8-18-9-11-4-5-13(17)7-14(11)16/h1-7H,8-9,17H2. The average molecular weight is 266 g/mol. The van der Waals surface area contributed by atoms with Crippen LogP contribution in [0.3, 0.4) is 0 Å². The highest BCUT2D eigenvalue weighted by atomic mass is 35.5. The summed E-state index contributed by atoms with van der Waals surface area (Å²) in [6.45, 7) is 0.600. The fourth-order valence-electron chi connectivity index (χ4n) is 1.59. The number of ether oxygens (including phenoxy) is 1. The third kappa shape index (κ3) is 3.45. The molecule has 2 aromatic rings. The van der Waals surface area contributed by atoms with Crippen LogP contribution in [-0.4, -0.2) is 0 Å². The average Bonchev–Trinajstić information content (AvgIpc) is 2.32. The number of benzene rings is 2. The Hall–Kier alpha value is -1.58. The maximum Gasteiger partial charge on any atom is 0.130 e. The van der Waals surface area contributed by atoms with Crippen LogP contribution in [0.1, 0.15) is 11.1 Å². The summed E-state index contributed by atoms with van der Waals surface area (Å²) in [5.74, 6) is -0.346. The second-order valence-electron chi connectivity index (χ2n) is 3.97. The highest BCUT2D eigenvalue weighted by Gasteiger charge is 2.03. The Balaban J connectivity index is 1.92. The van der Waals surface area contributed by atoms with Gasteiger partial charge in [0.15, 0.2) is 0 Å². The Morgan fingerprint density at radius 3 is 2.67 bits per heavy atom. The number of anilines is 1. The van der Waals surface area contributed by atoms with Crippen molar-refractivity contribution in [2.24, 2.45) is 0 Å². The molecular weight excluding hydrogens is 253 g/mol. The van der Waals surface area contributed by atoms with Gasteiger partial charge in [-0.1, -0.05) is 29.8 Å². The zero-order valence-corrected chi connectivity index (χ0v) is 10.5. The number of nitrogens with two attached hydrogens (primary N) is 1. The Bertz CT molecular complexity index is 545. The molecule has 0 aliphatic heterocycles. The summed E-state index contributed by atoms with van der Waals surface area (Å²) in [5, 5.41) is 0.662. The normalized spacial score (nSPS) is 10.6. The van der Waals surface area contributed by atoms with E-state index in [1.54, 1.807) is 18.2 Å². The molecule has 18 heavy (non-hydrogen) atoms. The summed E-state index contributed by atoms with van der Waals surface area (Å²) in [5.41, 5.74) is 7.33.